The Labute approximate surface area is 188 Å². The summed E-state index contributed by atoms with van der Waals surface area (Å²) in [6.07, 6.45) is 1.02. The molecule has 3 aliphatic rings. The minimum absolute atomic E-state index is 0.170. The molecule has 0 heterocycles. The zero-order valence-corrected chi connectivity index (χ0v) is 18.0. The van der Waals surface area contributed by atoms with Crippen molar-refractivity contribution in [2.24, 2.45) is 5.92 Å². The second-order valence-corrected chi connectivity index (χ2v) is 8.72. The molecular weight excluding hydrogens is 398 g/mol. The summed E-state index contributed by atoms with van der Waals surface area (Å²) in [7, 11) is 0. The highest BCUT2D eigenvalue weighted by atomic mass is 16.2. The lowest BCUT2D eigenvalue weighted by atomic mass is 9.59. The number of anilines is 1. The number of hydrogen-bond acceptors (Lipinski definition) is 2. The van der Waals surface area contributed by atoms with Crippen molar-refractivity contribution in [2.45, 2.75) is 31.2 Å². The number of urea groups is 1. The topological polar surface area (TPSA) is 70.2 Å². The van der Waals surface area contributed by atoms with Crippen molar-refractivity contribution < 1.29 is 9.59 Å². The van der Waals surface area contributed by atoms with E-state index < -0.39 is 12.1 Å². The van der Waals surface area contributed by atoms with Gasteiger partial charge >= 0.3 is 6.03 Å². The van der Waals surface area contributed by atoms with E-state index in [0.717, 1.165) is 6.42 Å². The molecule has 5 nitrogen and oxygen atoms in total. The molecule has 0 radical (unpaired) electrons. The van der Waals surface area contributed by atoms with E-state index in [1.807, 2.05) is 18.2 Å². The van der Waals surface area contributed by atoms with Crippen LogP contribution in [0.4, 0.5) is 10.5 Å². The molecule has 3 aromatic carbocycles. The maximum absolute atomic E-state index is 12.7. The average molecular weight is 426 g/mol. The number of rotatable bonds is 5. The molecule has 162 valence electrons. The maximum Gasteiger partial charge on any atom is 0.319 e. The smallest absolute Gasteiger partial charge is 0.319 e. The summed E-state index contributed by atoms with van der Waals surface area (Å²) < 4.78 is 0. The summed E-state index contributed by atoms with van der Waals surface area (Å²) in [4.78, 5) is 24.9. The number of amides is 3. The molecule has 3 aliphatic carbocycles. The number of nitrogens with one attached hydrogen (secondary N) is 3. The zero-order valence-electron chi connectivity index (χ0n) is 18.0. The van der Waals surface area contributed by atoms with E-state index in [4.69, 9.17) is 0 Å². The average Bonchev–Trinajstić information content (AvgIpc) is 2.83. The summed E-state index contributed by atoms with van der Waals surface area (Å²) in [5.41, 5.74) is 6.30. The molecule has 0 spiro atoms. The first-order valence-electron chi connectivity index (χ1n) is 11.2. The Morgan fingerprint density at radius 3 is 2.03 bits per heavy atom. The van der Waals surface area contributed by atoms with Gasteiger partial charge in [0.25, 0.3) is 0 Å². The normalized spacial score (nSPS) is 21.1. The van der Waals surface area contributed by atoms with E-state index in [9.17, 15) is 9.59 Å². The first-order chi connectivity index (χ1) is 15.6. The molecule has 0 saturated heterocycles. The molecule has 0 aromatic heterocycles. The maximum atomic E-state index is 12.7. The van der Waals surface area contributed by atoms with Gasteiger partial charge in [0.15, 0.2) is 0 Å². The summed E-state index contributed by atoms with van der Waals surface area (Å²) >= 11 is 0. The predicted octanol–water partition coefficient (Wildman–Crippen LogP) is 4.61. The van der Waals surface area contributed by atoms with Crippen LogP contribution in [-0.2, 0) is 4.79 Å². The van der Waals surface area contributed by atoms with Crippen LogP contribution in [0.25, 0.3) is 0 Å². The van der Waals surface area contributed by atoms with Crippen molar-refractivity contribution in [3.05, 3.63) is 101 Å². The molecule has 3 N–H and O–H groups in total. The van der Waals surface area contributed by atoms with E-state index in [0.29, 0.717) is 24.1 Å². The van der Waals surface area contributed by atoms with Crippen LogP contribution in [-0.4, -0.2) is 24.5 Å². The van der Waals surface area contributed by atoms with Crippen LogP contribution in [0.15, 0.2) is 78.9 Å². The SMILES string of the molecule is C[C@@H](NC(=O)Nc1ccccc1)C(=O)NC[C@H]1CC2c3ccccc3C1c1ccccc12. The third kappa shape index (κ3) is 3.75. The fraction of sp³-hybridized carbons (Fsp3) is 0.259. The number of para-hydroxylation sites is 1. The number of benzene rings is 3. The first kappa shape index (κ1) is 20.3. The molecule has 3 aromatic rings. The lowest BCUT2D eigenvalue weighted by Crippen LogP contribution is -2.48. The Morgan fingerprint density at radius 2 is 1.41 bits per heavy atom. The summed E-state index contributed by atoms with van der Waals surface area (Å²) in [5, 5.41) is 8.55. The first-order valence-corrected chi connectivity index (χ1v) is 11.2. The molecular formula is C27H27N3O2. The Kier molecular flexibility index (Phi) is 5.39. The van der Waals surface area contributed by atoms with E-state index in [1.54, 1.807) is 19.1 Å². The third-order valence-electron chi connectivity index (χ3n) is 6.73. The Hall–Kier alpha value is -3.60. The number of fused-ring (bicyclic) bond motifs is 1. The second kappa shape index (κ2) is 8.50. The van der Waals surface area contributed by atoms with E-state index >= 15 is 0 Å². The van der Waals surface area contributed by atoms with Gasteiger partial charge in [-0.25, -0.2) is 4.79 Å². The van der Waals surface area contributed by atoms with Gasteiger partial charge < -0.3 is 16.0 Å². The Balaban J connectivity index is 1.24. The zero-order chi connectivity index (χ0) is 22.1. The van der Waals surface area contributed by atoms with Crippen LogP contribution in [0.2, 0.25) is 0 Å². The van der Waals surface area contributed by atoms with Gasteiger partial charge in [-0.1, -0.05) is 66.7 Å². The van der Waals surface area contributed by atoms with Crippen LogP contribution in [0.1, 0.15) is 47.4 Å². The molecule has 0 fully saturated rings. The van der Waals surface area contributed by atoms with Crippen molar-refractivity contribution in [2.75, 3.05) is 11.9 Å². The number of carbonyl (C=O) groups is 2. The molecule has 5 heteroatoms. The van der Waals surface area contributed by atoms with Crippen molar-refractivity contribution in [3.8, 4) is 0 Å². The van der Waals surface area contributed by atoms with E-state index in [1.165, 1.54) is 22.3 Å². The fourth-order valence-electron chi connectivity index (χ4n) is 5.30. The summed E-state index contributed by atoms with van der Waals surface area (Å²) in [6, 6.07) is 25.6. The van der Waals surface area contributed by atoms with Gasteiger partial charge in [0.1, 0.15) is 6.04 Å². The monoisotopic (exact) mass is 425 g/mol. The molecule has 32 heavy (non-hydrogen) atoms. The lowest BCUT2D eigenvalue weighted by Gasteiger charge is -2.45. The van der Waals surface area contributed by atoms with Gasteiger partial charge in [-0.3, -0.25) is 4.79 Å². The van der Waals surface area contributed by atoms with Crippen LogP contribution in [0, 0.1) is 5.92 Å². The summed E-state index contributed by atoms with van der Waals surface area (Å²) in [6.45, 7) is 2.30. The van der Waals surface area contributed by atoms with Crippen molar-refractivity contribution in [3.63, 3.8) is 0 Å². The molecule has 0 saturated carbocycles. The Bertz CT molecular complexity index is 1100. The quantitative estimate of drug-likeness (QED) is 0.559. The molecule has 2 atom stereocenters. The van der Waals surface area contributed by atoms with Crippen molar-refractivity contribution in [1.82, 2.24) is 10.6 Å². The fourth-order valence-corrected chi connectivity index (χ4v) is 5.30. The van der Waals surface area contributed by atoms with E-state index in [2.05, 4.69) is 64.5 Å². The molecule has 0 unspecified atom stereocenters. The predicted molar refractivity (Wildman–Crippen MR) is 126 cm³/mol. The highest BCUT2D eigenvalue weighted by Gasteiger charge is 2.42. The molecule has 6 rings (SSSR count). The highest BCUT2D eigenvalue weighted by Crippen LogP contribution is 2.55. The Morgan fingerprint density at radius 1 is 0.844 bits per heavy atom. The highest BCUT2D eigenvalue weighted by molar-refractivity contribution is 5.93. The van der Waals surface area contributed by atoms with Gasteiger partial charge in [0.05, 0.1) is 0 Å². The van der Waals surface area contributed by atoms with Crippen LogP contribution < -0.4 is 16.0 Å². The van der Waals surface area contributed by atoms with Gasteiger partial charge in [-0.15, -0.1) is 0 Å². The lowest BCUT2D eigenvalue weighted by molar-refractivity contribution is -0.122. The van der Waals surface area contributed by atoms with Gasteiger partial charge in [0.2, 0.25) is 5.91 Å². The standard InChI is InChI=1S/C27H27N3O2/c1-17(29-27(32)30-19-9-3-2-4-10-19)26(31)28-16-18-15-24-20-11-5-7-13-22(20)25(18)23-14-8-6-12-21(23)24/h2-14,17-18,24-25H,15-16H2,1H3,(H,28,31)(H2,29,30,32)/t17-,18-,24?,25?/m1/s1. The van der Waals surface area contributed by atoms with Gasteiger partial charge in [-0.05, 0) is 53.6 Å². The summed E-state index contributed by atoms with van der Waals surface area (Å²) in [5.74, 6) is 0.828. The van der Waals surface area contributed by atoms with Crippen molar-refractivity contribution >= 4 is 17.6 Å². The number of carbonyl (C=O) groups excluding carboxylic acids is 2. The molecule has 2 bridgehead atoms. The number of hydrogen-bond donors (Lipinski definition) is 3. The minimum Gasteiger partial charge on any atom is -0.354 e. The largest absolute Gasteiger partial charge is 0.354 e. The van der Waals surface area contributed by atoms with Crippen LogP contribution >= 0.6 is 0 Å². The van der Waals surface area contributed by atoms with Gasteiger partial charge in [0, 0.05) is 24.1 Å². The molecule has 3 amide bonds. The van der Waals surface area contributed by atoms with Crippen LogP contribution in [0.3, 0.4) is 0 Å². The third-order valence-corrected chi connectivity index (χ3v) is 6.73. The van der Waals surface area contributed by atoms with Crippen LogP contribution in [0.5, 0.6) is 0 Å². The second-order valence-electron chi connectivity index (χ2n) is 8.72. The molecule has 0 aliphatic heterocycles. The van der Waals surface area contributed by atoms with Gasteiger partial charge in [-0.2, -0.15) is 0 Å². The van der Waals surface area contributed by atoms with Crippen molar-refractivity contribution in [1.29, 1.82) is 0 Å². The minimum atomic E-state index is -0.626. The van der Waals surface area contributed by atoms with E-state index in [-0.39, 0.29) is 11.8 Å².